The van der Waals surface area contributed by atoms with Crippen LogP contribution in [0.3, 0.4) is 0 Å². The lowest BCUT2D eigenvalue weighted by molar-refractivity contribution is 0.355. The van der Waals surface area contributed by atoms with Gasteiger partial charge < -0.3 is 4.74 Å². The summed E-state index contributed by atoms with van der Waals surface area (Å²) in [6, 6.07) is 9.84. The third-order valence-electron chi connectivity index (χ3n) is 2.11. The Morgan fingerprint density at radius 1 is 1.33 bits per heavy atom. The minimum Gasteiger partial charge on any atom is -0.489 e. The monoisotopic (exact) mass is 202 g/mol. The van der Waals surface area contributed by atoms with Crippen molar-refractivity contribution in [3.05, 3.63) is 54.6 Å². The maximum Gasteiger partial charge on any atom is 0.119 e. The standard InChI is InChI=1S/C14H18O/c1-3-5-9-13(4-2)12-15-14-10-7-6-8-11-14/h4,6-11H,2-3,5,12H2,1H3/b13-9+. The van der Waals surface area contributed by atoms with Crippen LogP contribution in [-0.2, 0) is 0 Å². The zero-order valence-corrected chi connectivity index (χ0v) is 9.28. The maximum absolute atomic E-state index is 5.62. The molecule has 1 aromatic rings. The first-order chi connectivity index (χ1) is 7.36. The van der Waals surface area contributed by atoms with Gasteiger partial charge in [-0.05, 0) is 24.1 Å². The smallest absolute Gasteiger partial charge is 0.119 e. The molecule has 0 heterocycles. The van der Waals surface area contributed by atoms with E-state index in [4.69, 9.17) is 4.74 Å². The Morgan fingerprint density at radius 3 is 2.67 bits per heavy atom. The summed E-state index contributed by atoms with van der Waals surface area (Å²) in [5.74, 6) is 0.904. The molecule has 0 spiro atoms. The van der Waals surface area contributed by atoms with Gasteiger partial charge in [0.05, 0.1) is 0 Å². The molecule has 0 aliphatic rings. The van der Waals surface area contributed by atoms with Crippen molar-refractivity contribution in [3.8, 4) is 5.75 Å². The summed E-state index contributed by atoms with van der Waals surface area (Å²) >= 11 is 0. The number of para-hydroxylation sites is 1. The van der Waals surface area contributed by atoms with E-state index in [0.29, 0.717) is 6.61 Å². The zero-order chi connectivity index (χ0) is 10.9. The first-order valence-electron chi connectivity index (χ1n) is 5.36. The van der Waals surface area contributed by atoms with E-state index in [0.717, 1.165) is 24.2 Å². The molecule has 0 aliphatic carbocycles. The summed E-state index contributed by atoms with van der Waals surface area (Å²) in [7, 11) is 0. The van der Waals surface area contributed by atoms with Crippen molar-refractivity contribution in [2.45, 2.75) is 19.8 Å². The van der Waals surface area contributed by atoms with Crippen LogP contribution in [-0.4, -0.2) is 6.61 Å². The Balaban J connectivity index is 2.44. The Bertz CT molecular complexity index is 311. The van der Waals surface area contributed by atoms with Gasteiger partial charge in [-0.1, -0.05) is 50.3 Å². The van der Waals surface area contributed by atoms with Gasteiger partial charge in [0.2, 0.25) is 0 Å². The van der Waals surface area contributed by atoms with Gasteiger partial charge in [0.15, 0.2) is 0 Å². The summed E-state index contributed by atoms with van der Waals surface area (Å²) < 4.78 is 5.62. The molecule has 0 radical (unpaired) electrons. The van der Waals surface area contributed by atoms with Crippen LogP contribution in [0.4, 0.5) is 0 Å². The molecular weight excluding hydrogens is 184 g/mol. The van der Waals surface area contributed by atoms with Gasteiger partial charge in [-0.15, -0.1) is 0 Å². The summed E-state index contributed by atoms with van der Waals surface area (Å²) in [4.78, 5) is 0. The molecule has 1 aromatic carbocycles. The molecule has 0 aromatic heterocycles. The zero-order valence-electron chi connectivity index (χ0n) is 9.28. The van der Waals surface area contributed by atoms with Crippen LogP contribution in [0, 0.1) is 0 Å². The van der Waals surface area contributed by atoms with Crippen molar-refractivity contribution in [3.63, 3.8) is 0 Å². The van der Waals surface area contributed by atoms with Crippen LogP contribution in [0.25, 0.3) is 0 Å². The number of hydrogen-bond acceptors (Lipinski definition) is 1. The highest BCUT2D eigenvalue weighted by molar-refractivity contribution is 5.23. The Hall–Kier alpha value is -1.50. The molecule has 0 atom stereocenters. The van der Waals surface area contributed by atoms with Crippen molar-refractivity contribution in [2.75, 3.05) is 6.61 Å². The first kappa shape index (κ1) is 11.6. The van der Waals surface area contributed by atoms with Crippen LogP contribution < -0.4 is 4.74 Å². The molecule has 1 heteroatoms. The predicted molar refractivity (Wildman–Crippen MR) is 65.1 cm³/mol. The van der Waals surface area contributed by atoms with E-state index in [1.807, 2.05) is 36.4 Å². The molecule has 0 fully saturated rings. The van der Waals surface area contributed by atoms with E-state index in [-0.39, 0.29) is 0 Å². The van der Waals surface area contributed by atoms with Gasteiger partial charge in [-0.25, -0.2) is 0 Å². The van der Waals surface area contributed by atoms with E-state index in [9.17, 15) is 0 Å². The fraction of sp³-hybridized carbons (Fsp3) is 0.286. The second-order valence-electron chi connectivity index (χ2n) is 3.37. The molecule has 0 aliphatic heterocycles. The van der Waals surface area contributed by atoms with Gasteiger partial charge >= 0.3 is 0 Å². The minimum atomic E-state index is 0.605. The number of hydrogen-bond donors (Lipinski definition) is 0. The highest BCUT2D eigenvalue weighted by Gasteiger charge is 1.94. The summed E-state index contributed by atoms with van der Waals surface area (Å²) in [5, 5.41) is 0. The van der Waals surface area contributed by atoms with E-state index < -0.39 is 0 Å². The largest absolute Gasteiger partial charge is 0.489 e. The number of rotatable bonds is 6. The Kier molecular flexibility index (Phi) is 5.31. The third kappa shape index (κ3) is 4.50. The van der Waals surface area contributed by atoms with E-state index in [2.05, 4.69) is 19.6 Å². The average Bonchev–Trinajstić information content (AvgIpc) is 2.31. The quantitative estimate of drug-likeness (QED) is 0.634. The van der Waals surface area contributed by atoms with E-state index in [1.54, 1.807) is 0 Å². The molecule has 0 N–H and O–H groups in total. The summed E-state index contributed by atoms with van der Waals surface area (Å²) in [6.45, 7) is 6.54. The molecule has 0 saturated carbocycles. The molecule has 80 valence electrons. The molecule has 0 saturated heterocycles. The second-order valence-corrected chi connectivity index (χ2v) is 3.37. The van der Waals surface area contributed by atoms with Gasteiger partial charge in [-0.3, -0.25) is 0 Å². The van der Waals surface area contributed by atoms with E-state index in [1.165, 1.54) is 0 Å². The number of benzene rings is 1. The average molecular weight is 202 g/mol. The lowest BCUT2D eigenvalue weighted by Crippen LogP contribution is -1.99. The van der Waals surface area contributed by atoms with Gasteiger partial charge in [-0.2, -0.15) is 0 Å². The van der Waals surface area contributed by atoms with Crippen LogP contribution >= 0.6 is 0 Å². The maximum atomic E-state index is 5.62. The van der Waals surface area contributed by atoms with Crippen LogP contribution in [0.1, 0.15) is 19.8 Å². The van der Waals surface area contributed by atoms with Crippen molar-refractivity contribution >= 4 is 0 Å². The fourth-order valence-corrected chi connectivity index (χ4v) is 1.21. The molecule has 0 bridgehead atoms. The van der Waals surface area contributed by atoms with Gasteiger partial charge in [0.1, 0.15) is 12.4 Å². The topological polar surface area (TPSA) is 9.23 Å². The Labute approximate surface area is 92.1 Å². The highest BCUT2D eigenvalue weighted by Crippen LogP contribution is 2.10. The number of allylic oxidation sites excluding steroid dienone is 1. The van der Waals surface area contributed by atoms with Gasteiger partial charge in [0, 0.05) is 0 Å². The normalized spacial score (nSPS) is 11.1. The van der Waals surface area contributed by atoms with Crippen molar-refractivity contribution in [2.24, 2.45) is 0 Å². The van der Waals surface area contributed by atoms with Crippen LogP contribution in [0.15, 0.2) is 54.6 Å². The molecular formula is C14H18O. The predicted octanol–water partition coefficient (Wildman–Crippen LogP) is 3.98. The van der Waals surface area contributed by atoms with Crippen molar-refractivity contribution in [1.29, 1.82) is 0 Å². The SMILES string of the molecule is C=C/C(=C\CCC)COc1ccccc1. The molecule has 15 heavy (non-hydrogen) atoms. The lowest BCUT2D eigenvalue weighted by Gasteiger charge is -2.06. The molecule has 1 rings (SSSR count). The fourth-order valence-electron chi connectivity index (χ4n) is 1.21. The second kappa shape index (κ2) is 6.88. The van der Waals surface area contributed by atoms with Crippen molar-refractivity contribution in [1.82, 2.24) is 0 Å². The lowest BCUT2D eigenvalue weighted by atomic mass is 10.2. The Morgan fingerprint density at radius 2 is 2.07 bits per heavy atom. The first-order valence-corrected chi connectivity index (χ1v) is 5.36. The van der Waals surface area contributed by atoms with E-state index >= 15 is 0 Å². The molecule has 0 unspecified atom stereocenters. The summed E-state index contributed by atoms with van der Waals surface area (Å²) in [5.41, 5.74) is 1.15. The highest BCUT2D eigenvalue weighted by atomic mass is 16.5. The summed E-state index contributed by atoms with van der Waals surface area (Å²) in [6.07, 6.45) is 6.27. The molecule has 0 amide bonds. The minimum absolute atomic E-state index is 0.605. The van der Waals surface area contributed by atoms with Crippen LogP contribution in [0.2, 0.25) is 0 Å². The van der Waals surface area contributed by atoms with Crippen molar-refractivity contribution < 1.29 is 4.74 Å². The van der Waals surface area contributed by atoms with Crippen LogP contribution in [0.5, 0.6) is 5.75 Å². The number of ether oxygens (including phenoxy) is 1. The third-order valence-corrected chi connectivity index (χ3v) is 2.11. The molecule has 1 nitrogen and oxygen atoms in total. The number of unbranched alkanes of at least 4 members (excludes halogenated alkanes) is 1. The van der Waals surface area contributed by atoms with Gasteiger partial charge in [0.25, 0.3) is 0 Å².